The molecule has 1 aliphatic carbocycles. The molecule has 2 aromatic heterocycles. The normalized spacial score (nSPS) is 21.6. The van der Waals surface area contributed by atoms with Crippen molar-refractivity contribution in [2.24, 2.45) is 5.92 Å². The molecule has 202 valence electrons. The van der Waals surface area contributed by atoms with E-state index in [0.29, 0.717) is 39.8 Å². The van der Waals surface area contributed by atoms with Crippen LogP contribution in [0.4, 0.5) is 10.1 Å². The molecule has 1 saturated carbocycles. The molecule has 39 heavy (non-hydrogen) atoms. The van der Waals surface area contributed by atoms with E-state index >= 15 is 4.39 Å². The third kappa shape index (κ3) is 4.49. The van der Waals surface area contributed by atoms with Crippen LogP contribution in [0.1, 0.15) is 57.8 Å². The molecule has 1 aromatic carbocycles. The Morgan fingerprint density at radius 2 is 1.97 bits per heavy atom. The molecule has 1 spiro atoms. The third-order valence-electron chi connectivity index (χ3n) is 8.20. The Hall–Kier alpha value is -3.37. The average Bonchev–Trinajstić information content (AvgIpc) is 3.52. The Labute approximate surface area is 234 Å². The summed E-state index contributed by atoms with van der Waals surface area (Å²) in [6.07, 6.45) is 4.73. The minimum atomic E-state index is -1.06. The van der Waals surface area contributed by atoms with Gasteiger partial charge in [0.15, 0.2) is 0 Å². The number of aromatic nitrogens is 2. The van der Waals surface area contributed by atoms with Crippen molar-refractivity contribution in [1.29, 1.82) is 0 Å². The van der Waals surface area contributed by atoms with Gasteiger partial charge in [0.2, 0.25) is 5.91 Å². The molecule has 2 aliphatic heterocycles. The van der Waals surface area contributed by atoms with Crippen LogP contribution >= 0.6 is 22.9 Å². The summed E-state index contributed by atoms with van der Waals surface area (Å²) >= 11 is 7.36. The van der Waals surface area contributed by atoms with Crippen molar-refractivity contribution in [3.63, 3.8) is 0 Å². The van der Waals surface area contributed by atoms with E-state index in [1.165, 1.54) is 23.6 Å². The standard InChI is InChI=1S/C28H27ClFN5O3S/c1-16-20(9-18(29)10-31-16)25(36)33-19-7-5-17(6-8-19)11-35-23-4-2-3-21(30)24(23)28(27(35)38)13-34(14-28)26(37)22-12-39-15-32-22/h2-4,9-10,12,15,17,19H,5-8,11,13-14H2,1H3,(H,33,36). The predicted octanol–water partition coefficient (Wildman–Crippen LogP) is 4.37. The van der Waals surface area contributed by atoms with Gasteiger partial charge >= 0.3 is 0 Å². The van der Waals surface area contributed by atoms with Gasteiger partial charge in [0.05, 0.1) is 27.5 Å². The lowest BCUT2D eigenvalue weighted by atomic mass is 9.74. The molecule has 6 rings (SSSR count). The fourth-order valence-electron chi connectivity index (χ4n) is 6.14. The highest BCUT2D eigenvalue weighted by atomic mass is 35.5. The molecule has 0 radical (unpaired) electrons. The zero-order chi connectivity index (χ0) is 27.3. The number of benzene rings is 1. The van der Waals surface area contributed by atoms with Gasteiger partial charge in [-0.2, -0.15) is 0 Å². The first-order valence-electron chi connectivity index (χ1n) is 13.0. The number of amides is 3. The van der Waals surface area contributed by atoms with Gasteiger partial charge in [-0.25, -0.2) is 9.37 Å². The quantitative estimate of drug-likeness (QED) is 0.494. The largest absolute Gasteiger partial charge is 0.349 e. The van der Waals surface area contributed by atoms with E-state index < -0.39 is 11.2 Å². The van der Waals surface area contributed by atoms with Gasteiger partial charge < -0.3 is 15.1 Å². The summed E-state index contributed by atoms with van der Waals surface area (Å²) < 4.78 is 15.2. The number of hydrogen-bond acceptors (Lipinski definition) is 6. The molecule has 1 saturated heterocycles. The number of halogens is 2. The van der Waals surface area contributed by atoms with Crippen LogP contribution in [0.25, 0.3) is 0 Å². The highest BCUT2D eigenvalue weighted by Crippen LogP contribution is 2.49. The number of thiazole rings is 1. The van der Waals surface area contributed by atoms with E-state index in [-0.39, 0.29) is 42.8 Å². The topological polar surface area (TPSA) is 95.5 Å². The van der Waals surface area contributed by atoms with Crippen molar-refractivity contribution in [3.8, 4) is 0 Å². The maximum Gasteiger partial charge on any atom is 0.273 e. The number of nitrogens with zero attached hydrogens (tertiary/aromatic N) is 4. The lowest BCUT2D eigenvalue weighted by Crippen LogP contribution is -2.65. The predicted molar refractivity (Wildman–Crippen MR) is 146 cm³/mol. The number of pyridine rings is 1. The minimum absolute atomic E-state index is 0.0226. The van der Waals surface area contributed by atoms with Gasteiger partial charge in [0.25, 0.3) is 11.8 Å². The summed E-state index contributed by atoms with van der Waals surface area (Å²) in [5.74, 6) is -0.773. The average molecular weight is 568 g/mol. The van der Waals surface area contributed by atoms with E-state index in [1.807, 2.05) is 0 Å². The Morgan fingerprint density at radius 3 is 2.69 bits per heavy atom. The SMILES string of the molecule is Cc1ncc(Cl)cc1C(=O)NC1CCC(CN2C(=O)C3(CN(C(=O)c4cscn4)C3)c3c(F)cccc32)CC1. The van der Waals surface area contributed by atoms with Crippen molar-refractivity contribution in [2.45, 2.75) is 44.1 Å². The molecule has 0 atom stereocenters. The second-order valence-electron chi connectivity index (χ2n) is 10.6. The van der Waals surface area contributed by atoms with E-state index in [9.17, 15) is 14.4 Å². The van der Waals surface area contributed by atoms with Crippen molar-refractivity contribution in [3.05, 3.63) is 74.7 Å². The Kier molecular flexibility index (Phi) is 6.63. The molecule has 2 fully saturated rings. The van der Waals surface area contributed by atoms with Crippen LogP contribution in [0.5, 0.6) is 0 Å². The number of hydrogen-bond donors (Lipinski definition) is 1. The van der Waals surface area contributed by atoms with E-state index in [0.717, 1.165) is 25.7 Å². The number of nitrogens with one attached hydrogen (secondary N) is 1. The van der Waals surface area contributed by atoms with E-state index in [1.54, 1.807) is 45.8 Å². The Balaban J connectivity index is 1.12. The molecule has 1 N–H and O–H groups in total. The molecule has 3 amide bonds. The Bertz CT molecular complexity index is 1450. The summed E-state index contributed by atoms with van der Waals surface area (Å²) in [6, 6.07) is 6.46. The number of carbonyl (C=O) groups is 3. The number of fused-ring (bicyclic) bond motifs is 2. The summed E-state index contributed by atoms with van der Waals surface area (Å²) in [4.78, 5) is 50.9. The van der Waals surface area contributed by atoms with Gasteiger partial charge in [0, 0.05) is 42.8 Å². The lowest BCUT2D eigenvalue weighted by Gasteiger charge is -2.46. The third-order valence-corrected chi connectivity index (χ3v) is 8.99. The Morgan fingerprint density at radius 1 is 1.21 bits per heavy atom. The fraction of sp³-hybridized carbons (Fsp3) is 0.393. The molecule has 0 bridgehead atoms. The second-order valence-corrected chi connectivity index (χ2v) is 11.8. The number of rotatable bonds is 5. The van der Waals surface area contributed by atoms with Crippen LogP contribution in [-0.4, -0.2) is 58.3 Å². The molecular formula is C28H27ClFN5O3S. The van der Waals surface area contributed by atoms with Gasteiger partial charge in [-0.05, 0) is 56.7 Å². The zero-order valence-electron chi connectivity index (χ0n) is 21.3. The molecular weight excluding hydrogens is 541 g/mol. The first kappa shape index (κ1) is 25.9. The fourth-order valence-corrected chi connectivity index (χ4v) is 6.82. The number of anilines is 1. The van der Waals surface area contributed by atoms with Gasteiger partial charge in [0.1, 0.15) is 16.9 Å². The highest BCUT2D eigenvalue weighted by Gasteiger charge is 2.60. The van der Waals surface area contributed by atoms with E-state index in [2.05, 4.69) is 15.3 Å². The summed E-state index contributed by atoms with van der Waals surface area (Å²) in [7, 11) is 0. The maximum absolute atomic E-state index is 15.2. The summed E-state index contributed by atoms with van der Waals surface area (Å²) in [5, 5.41) is 5.19. The summed E-state index contributed by atoms with van der Waals surface area (Å²) in [5.41, 5.74) is 2.97. The van der Waals surface area contributed by atoms with Crippen molar-refractivity contribution < 1.29 is 18.8 Å². The maximum atomic E-state index is 15.2. The monoisotopic (exact) mass is 567 g/mol. The zero-order valence-corrected chi connectivity index (χ0v) is 22.9. The van der Waals surface area contributed by atoms with Crippen LogP contribution in [0, 0.1) is 18.7 Å². The molecule has 8 nitrogen and oxygen atoms in total. The van der Waals surface area contributed by atoms with Crippen molar-refractivity contribution >= 4 is 46.3 Å². The van der Waals surface area contributed by atoms with Crippen LogP contribution in [0.2, 0.25) is 5.02 Å². The molecule has 3 aromatic rings. The number of carbonyl (C=O) groups excluding carboxylic acids is 3. The molecule has 0 unspecified atom stereocenters. The highest BCUT2D eigenvalue weighted by molar-refractivity contribution is 7.07. The van der Waals surface area contributed by atoms with Crippen LogP contribution < -0.4 is 10.2 Å². The minimum Gasteiger partial charge on any atom is -0.349 e. The smallest absolute Gasteiger partial charge is 0.273 e. The van der Waals surface area contributed by atoms with Gasteiger partial charge in [-0.3, -0.25) is 19.4 Å². The van der Waals surface area contributed by atoms with E-state index in [4.69, 9.17) is 11.6 Å². The van der Waals surface area contributed by atoms with Crippen molar-refractivity contribution in [1.82, 2.24) is 20.2 Å². The lowest BCUT2D eigenvalue weighted by molar-refractivity contribution is -0.128. The number of aryl methyl sites for hydroxylation is 1. The molecule has 4 heterocycles. The summed E-state index contributed by atoms with van der Waals surface area (Å²) in [6.45, 7) is 2.54. The molecule has 3 aliphatic rings. The number of likely N-dealkylation sites (tertiary alicyclic amines) is 1. The van der Waals surface area contributed by atoms with Crippen LogP contribution in [-0.2, 0) is 10.2 Å². The van der Waals surface area contributed by atoms with Crippen molar-refractivity contribution in [2.75, 3.05) is 24.5 Å². The van der Waals surface area contributed by atoms with Gasteiger partial charge in [-0.1, -0.05) is 17.7 Å². The second kappa shape index (κ2) is 9.98. The first-order chi connectivity index (χ1) is 18.8. The van der Waals surface area contributed by atoms with Crippen LogP contribution in [0.15, 0.2) is 41.4 Å². The van der Waals surface area contributed by atoms with Gasteiger partial charge in [-0.15, -0.1) is 11.3 Å². The molecule has 11 heteroatoms. The first-order valence-corrected chi connectivity index (χ1v) is 14.3. The van der Waals surface area contributed by atoms with Crippen LogP contribution in [0.3, 0.4) is 0 Å².